The third-order valence-corrected chi connectivity index (χ3v) is 10.5. The summed E-state index contributed by atoms with van der Waals surface area (Å²) in [7, 11) is -8.97. The highest BCUT2D eigenvalue weighted by Gasteiger charge is 2.28. The summed E-state index contributed by atoms with van der Waals surface area (Å²) in [5.41, 5.74) is 2.21. The Labute approximate surface area is 278 Å². The molecule has 0 saturated carbocycles. The van der Waals surface area contributed by atoms with Crippen molar-refractivity contribution in [2.75, 3.05) is 36.0 Å². The Morgan fingerprint density at radius 3 is 2.22 bits per heavy atom. The Balaban J connectivity index is 1.66. The highest BCUT2D eigenvalue weighted by atomic mass is 35.5. The molecule has 3 aromatic rings. The lowest BCUT2D eigenvalue weighted by molar-refractivity contribution is -0.655. The van der Waals surface area contributed by atoms with Crippen molar-refractivity contribution in [2.45, 2.75) is 24.8 Å². The van der Waals surface area contributed by atoms with E-state index in [-0.39, 0.29) is 26.2 Å². The quantitative estimate of drug-likeness (QED) is 0.196. The molecule has 2 aromatic carbocycles. The maximum Gasteiger partial charge on any atom is 0.286 e. The number of aromatic nitrogens is 1. The molecule has 4 rings (SSSR count). The molecule has 242 valence electrons. The summed E-state index contributed by atoms with van der Waals surface area (Å²) < 4.78 is 68.2. The van der Waals surface area contributed by atoms with Crippen molar-refractivity contribution in [3.63, 3.8) is 0 Å². The number of allylic oxidation sites excluding steroid dienone is 2. The predicted molar refractivity (Wildman–Crippen MR) is 173 cm³/mol. The molecule has 0 radical (unpaired) electrons. The molecule has 0 bridgehead atoms. The molecule has 0 aliphatic carbocycles. The largest absolute Gasteiger partial charge is 0.748 e. The molecule has 1 aliphatic rings. The molecule has 12 nitrogen and oxygen atoms in total. The van der Waals surface area contributed by atoms with Gasteiger partial charge in [-0.15, -0.1) is 0 Å². The number of halogens is 2. The van der Waals surface area contributed by atoms with Gasteiger partial charge < -0.3 is 24.6 Å². The maximum absolute atomic E-state index is 12.7. The number of carbonyl (C=O) groups is 2. The van der Waals surface area contributed by atoms with Gasteiger partial charge in [0.25, 0.3) is 10.9 Å². The first-order valence-electron chi connectivity index (χ1n) is 13.3. The smallest absolute Gasteiger partial charge is 0.286 e. The average molecular weight is 735 g/mol. The first-order chi connectivity index (χ1) is 21.1. The van der Waals surface area contributed by atoms with Crippen LogP contribution in [0.25, 0.3) is 16.3 Å². The van der Waals surface area contributed by atoms with Crippen LogP contribution in [0.1, 0.15) is 18.4 Å². The number of anilines is 1. The standard InChI is InChI=1S/C27H28Cl2N4O8S4/c1-2-17(11-26-32(15-24(34)30-7-9-44(36,37)38)20-13-18(28)3-5-22(20)42-26)12-27-33(16-25(35)31-8-10-45(39,40)41)21-14-19(29)4-6-23(21)43-27/h3-6,11-14H,2,7-10,15-16H2,1H3,(H3-,30,31,34,35,36,37,38,39,40,41)/p-1. The highest BCUT2D eigenvalue weighted by Crippen LogP contribution is 2.47. The molecule has 45 heavy (non-hydrogen) atoms. The Kier molecular flexibility index (Phi) is 11.6. The lowest BCUT2D eigenvalue weighted by Gasteiger charge is -2.20. The Morgan fingerprint density at radius 1 is 0.956 bits per heavy atom. The molecular formula is C27H27Cl2N4O8S4-. The van der Waals surface area contributed by atoms with Gasteiger partial charge in [0.05, 0.1) is 42.5 Å². The fraction of sp³-hybridized carbons (Fsp3) is 0.296. The number of thiazole rings is 1. The van der Waals surface area contributed by atoms with Crippen LogP contribution in [0.4, 0.5) is 5.69 Å². The van der Waals surface area contributed by atoms with Crippen LogP contribution >= 0.6 is 46.3 Å². The van der Waals surface area contributed by atoms with Gasteiger partial charge in [0.15, 0.2) is 0 Å². The number of carbonyl (C=O) groups excluding carboxylic acids is 2. The van der Waals surface area contributed by atoms with Crippen molar-refractivity contribution in [2.24, 2.45) is 0 Å². The van der Waals surface area contributed by atoms with E-state index in [1.165, 1.54) is 23.1 Å². The van der Waals surface area contributed by atoms with Crippen LogP contribution < -0.4 is 20.1 Å². The second-order valence-corrected chi connectivity index (χ2v) is 15.8. The Morgan fingerprint density at radius 2 is 1.58 bits per heavy atom. The van der Waals surface area contributed by atoms with Crippen molar-refractivity contribution in [1.29, 1.82) is 0 Å². The summed E-state index contributed by atoms with van der Waals surface area (Å²) in [5, 5.41) is 7.23. The van der Waals surface area contributed by atoms with Crippen LogP contribution in [0.3, 0.4) is 0 Å². The van der Waals surface area contributed by atoms with Gasteiger partial charge in [-0.2, -0.15) is 4.57 Å². The normalized spacial score (nSPS) is 14.6. The van der Waals surface area contributed by atoms with Crippen molar-refractivity contribution in [3.8, 4) is 0 Å². The van der Waals surface area contributed by atoms with E-state index in [9.17, 15) is 35.5 Å². The van der Waals surface area contributed by atoms with Gasteiger partial charge in [-0.05, 0) is 48.4 Å². The fourth-order valence-electron chi connectivity index (χ4n) is 4.28. The lowest BCUT2D eigenvalue weighted by Crippen LogP contribution is -2.44. The third-order valence-electron chi connectivity index (χ3n) is 6.36. The van der Waals surface area contributed by atoms with Gasteiger partial charge in [0.2, 0.25) is 18.0 Å². The summed E-state index contributed by atoms with van der Waals surface area (Å²) in [6, 6.07) is 10.5. The number of thioether (sulfide) groups is 1. The molecule has 1 aromatic heterocycles. The number of amides is 2. The van der Waals surface area contributed by atoms with Crippen LogP contribution in [0.15, 0.2) is 58.0 Å². The van der Waals surface area contributed by atoms with Gasteiger partial charge >= 0.3 is 0 Å². The lowest BCUT2D eigenvalue weighted by atomic mass is 10.2. The Bertz CT molecular complexity index is 1910. The summed E-state index contributed by atoms with van der Waals surface area (Å²) in [4.78, 5) is 28.1. The van der Waals surface area contributed by atoms with Crippen molar-refractivity contribution in [1.82, 2.24) is 10.6 Å². The van der Waals surface area contributed by atoms with E-state index in [1.807, 2.05) is 31.2 Å². The molecule has 0 spiro atoms. The predicted octanol–water partition coefficient (Wildman–Crippen LogP) is 3.07. The number of hydrogen-bond acceptors (Lipinski definition) is 11. The Hall–Kier alpha value is -2.70. The third kappa shape index (κ3) is 10.1. The van der Waals surface area contributed by atoms with Gasteiger partial charge in [0.1, 0.15) is 11.2 Å². The van der Waals surface area contributed by atoms with Gasteiger partial charge in [-0.25, -0.2) is 16.8 Å². The molecule has 2 N–H and O–H groups in total. The van der Waals surface area contributed by atoms with Crippen LogP contribution in [0.5, 0.6) is 0 Å². The van der Waals surface area contributed by atoms with Crippen molar-refractivity contribution >= 4 is 100 Å². The maximum atomic E-state index is 12.7. The summed E-state index contributed by atoms with van der Waals surface area (Å²) in [6.07, 6.45) is 4.36. The second-order valence-electron chi connectivity index (χ2n) is 9.72. The highest BCUT2D eigenvalue weighted by molar-refractivity contribution is 8.03. The molecule has 18 heteroatoms. The first-order valence-corrected chi connectivity index (χ1v) is 18.9. The molecule has 0 fully saturated rings. The van der Waals surface area contributed by atoms with Crippen molar-refractivity contribution < 1.29 is 40.1 Å². The second kappa shape index (κ2) is 14.8. The topological polar surface area (TPSA) is 180 Å². The monoisotopic (exact) mass is 733 g/mol. The van der Waals surface area contributed by atoms with Crippen LogP contribution in [0, 0.1) is 0 Å². The van der Waals surface area contributed by atoms with Crippen LogP contribution in [-0.2, 0) is 36.4 Å². The van der Waals surface area contributed by atoms with E-state index >= 15 is 0 Å². The number of hydrogen-bond donors (Lipinski definition) is 2. The van der Waals surface area contributed by atoms with Crippen LogP contribution in [-0.4, -0.2) is 68.9 Å². The van der Waals surface area contributed by atoms with E-state index < -0.39 is 43.6 Å². The fourth-order valence-corrected chi connectivity index (χ4v) is 7.56. The van der Waals surface area contributed by atoms with Gasteiger partial charge in [-0.1, -0.05) is 53.2 Å². The van der Waals surface area contributed by atoms with Crippen LogP contribution in [0.2, 0.25) is 10.0 Å². The molecule has 0 saturated heterocycles. The minimum atomic E-state index is -4.48. The number of rotatable bonds is 13. The molecule has 2 amide bonds. The van der Waals surface area contributed by atoms with E-state index in [2.05, 4.69) is 10.6 Å². The summed E-state index contributed by atoms with van der Waals surface area (Å²) >= 11 is 15.3. The van der Waals surface area contributed by atoms with E-state index in [0.29, 0.717) is 37.7 Å². The zero-order valence-corrected chi connectivity index (χ0v) is 28.4. The van der Waals surface area contributed by atoms with Gasteiger partial charge in [0, 0.05) is 40.2 Å². The number of nitrogens with zero attached hydrogens (tertiary/aromatic N) is 2. The van der Waals surface area contributed by atoms with Gasteiger partial charge in [-0.3, -0.25) is 9.59 Å². The first kappa shape index (κ1) is 35.2. The molecular weight excluding hydrogens is 707 g/mol. The molecule has 2 heterocycles. The minimum absolute atomic E-state index is 0.164. The van der Waals surface area contributed by atoms with E-state index in [4.69, 9.17) is 23.2 Å². The zero-order chi connectivity index (χ0) is 32.9. The number of fused-ring (bicyclic) bond motifs is 2. The summed E-state index contributed by atoms with van der Waals surface area (Å²) in [6.45, 7) is 0.982. The molecule has 0 atom stereocenters. The number of nitrogens with one attached hydrogen (secondary N) is 2. The zero-order valence-electron chi connectivity index (χ0n) is 23.6. The SMILES string of the molecule is CCC(/C=C1\Sc2ccc(Cl)cc2N1CC(=O)NCCS(=O)(=O)[O-])=C\c1sc2ccc(Cl)cc2[n+]1CC(=O)NCCS(=O)(=O)[O-]. The molecule has 0 unspecified atom stereocenters. The average Bonchev–Trinajstić information content (AvgIpc) is 3.43. The van der Waals surface area contributed by atoms with Crippen molar-refractivity contribution in [3.05, 3.63) is 68.1 Å². The number of benzene rings is 2. The minimum Gasteiger partial charge on any atom is -0.748 e. The molecule has 1 aliphatic heterocycles. The summed E-state index contributed by atoms with van der Waals surface area (Å²) in [5.74, 6) is -2.43. The van der Waals surface area contributed by atoms with E-state index in [0.717, 1.165) is 15.2 Å². The van der Waals surface area contributed by atoms with E-state index in [1.54, 1.807) is 33.7 Å².